The van der Waals surface area contributed by atoms with Crippen LogP contribution in [0.1, 0.15) is 11.4 Å². The Hall–Kier alpha value is -3.07. The predicted octanol–water partition coefficient (Wildman–Crippen LogP) is 2.76. The van der Waals surface area contributed by atoms with E-state index in [2.05, 4.69) is 10.3 Å². The summed E-state index contributed by atoms with van der Waals surface area (Å²) in [5.74, 6) is -3.68. The van der Waals surface area contributed by atoms with Crippen molar-refractivity contribution in [1.29, 1.82) is 0 Å². The number of sulfone groups is 1. The molecule has 3 aromatic rings. The number of nitrogens with one attached hydrogen (secondary N) is 1. The van der Waals surface area contributed by atoms with Crippen LogP contribution in [0, 0.1) is 11.6 Å². The Morgan fingerprint density at radius 1 is 1.11 bits per heavy atom. The maximum atomic E-state index is 13.6. The van der Waals surface area contributed by atoms with Crippen molar-refractivity contribution in [3.8, 4) is 0 Å². The first-order valence-corrected chi connectivity index (χ1v) is 10.1. The molecule has 2 aromatic carbocycles. The molecule has 0 saturated carbocycles. The van der Waals surface area contributed by atoms with E-state index in [1.54, 1.807) is 10.8 Å². The first-order valence-electron chi connectivity index (χ1n) is 8.32. The van der Waals surface area contributed by atoms with Gasteiger partial charge in [-0.15, -0.1) is 0 Å². The van der Waals surface area contributed by atoms with Crippen LogP contribution < -0.4 is 5.32 Å². The quantitative estimate of drug-likeness (QED) is 0.655. The molecule has 1 aromatic heterocycles. The lowest BCUT2D eigenvalue weighted by molar-refractivity contribution is -0.113. The summed E-state index contributed by atoms with van der Waals surface area (Å²) in [5, 5.41) is 2.14. The van der Waals surface area contributed by atoms with Gasteiger partial charge in [0.15, 0.2) is 9.84 Å². The number of rotatable bonds is 7. The van der Waals surface area contributed by atoms with Gasteiger partial charge in [-0.05, 0) is 17.7 Å². The number of benzene rings is 2. The smallest absolute Gasteiger partial charge is 0.239 e. The average Bonchev–Trinajstić information content (AvgIpc) is 3.04. The van der Waals surface area contributed by atoms with Crippen LogP contribution in [0.2, 0.25) is 0 Å². The lowest BCUT2D eigenvalue weighted by Crippen LogP contribution is -2.25. The SMILES string of the molecule is O=C(CS(=O)(=O)Cc1nccn1Cc1ccccc1)Nc1ccc(F)cc1F. The molecule has 0 spiro atoms. The van der Waals surface area contributed by atoms with Gasteiger partial charge in [0.05, 0.1) is 5.69 Å². The molecule has 1 amide bonds. The van der Waals surface area contributed by atoms with Gasteiger partial charge in [-0.2, -0.15) is 0 Å². The number of hydrogen-bond donors (Lipinski definition) is 1. The average molecular weight is 405 g/mol. The summed E-state index contributed by atoms with van der Waals surface area (Å²) in [5.41, 5.74) is 0.691. The van der Waals surface area contributed by atoms with E-state index in [9.17, 15) is 22.0 Å². The zero-order valence-electron chi connectivity index (χ0n) is 14.7. The second-order valence-corrected chi connectivity index (χ2v) is 8.23. The number of anilines is 1. The van der Waals surface area contributed by atoms with Crippen LogP contribution in [0.5, 0.6) is 0 Å². The molecule has 28 heavy (non-hydrogen) atoms. The zero-order valence-corrected chi connectivity index (χ0v) is 15.5. The van der Waals surface area contributed by atoms with Crippen LogP contribution in [-0.4, -0.2) is 29.6 Å². The largest absolute Gasteiger partial charge is 0.330 e. The lowest BCUT2D eigenvalue weighted by Gasteiger charge is -2.10. The summed E-state index contributed by atoms with van der Waals surface area (Å²) in [6, 6.07) is 12.0. The van der Waals surface area contributed by atoms with Gasteiger partial charge in [-0.3, -0.25) is 4.79 Å². The molecule has 0 aliphatic heterocycles. The van der Waals surface area contributed by atoms with Crippen molar-refractivity contribution in [3.05, 3.63) is 83.9 Å². The highest BCUT2D eigenvalue weighted by Gasteiger charge is 2.21. The standard InChI is InChI=1S/C19H17F2N3O3S/c20-15-6-7-17(16(21)10-15)23-19(25)13-28(26,27)12-18-22-8-9-24(18)11-14-4-2-1-3-5-14/h1-10H,11-13H2,(H,23,25). The van der Waals surface area contributed by atoms with Crippen molar-refractivity contribution in [1.82, 2.24) is 9.55 Å². The second kappa shape index (κ2) is 8.30. The minimum atomic E-state index is -3.85. The molecule has 1 N–H and O–H groups in total. The third-order valence-corrected chi connectivity index (χ3v) is 5.30. The highest BCUT2D eigenvalue weighted by molar-refractivity contribution is 7.91. The van der Waals surface area contributed by atoms with Gasteiger partial charge in [0.2, 0.25) is 5.91 Å². The number of hydrogen-bond acceptors (Lipinski definition) is 4. The van der Waals surface area contributed by atoms with Gasteiger partial charge < -0.3 is 9.88 Å². The molecule has 6 nitrogen and oxygen atoms in total. The molecule has 0 bridgehead atoms. The molecule has 1 heterocycles. The number of aromatic nitrogens is 2. The summed E-state index contributed by atoms with van der Waals surface area (Å²) in [6.07, 6.45) is 3.15. The molecule has 0 unspecified atom stereocenters. The van der Waals surface area contributed by atoms with Gasteiger partial charge >= 0.3 is 0 Å². The molecule has 0 radical (unpaired) electrons. The second-order valence-electron chi connectivity index (χ2n) is 6.16. The Balaban J connectivity index is 1.66. The van der Waals surface area contributed by atoms with E-state index in [1.807, 2.05) is 30.3 Å². The minimum Gasteiger partial charge on any atom is -0.330 e. The van der Waals surface area contributed by atoms with E-state index < -0.39 is 38.9 Å². The maximum absolute atomic E-state index is 13.6. The van der Waals surface area contributed by atoms with Crippen LogP contribution in [0.4, 0.5) is 14.5 Å². The molecule has 0 aliphatic rings. The minimum absolute atomic E-state index is 0.285. The Morgan fingerprint density at radius 2 is 1.86 bits per heavy atom. The van der Waals surface area contributed by atoms with Gasteiger partial charge in [0.25, 0.3) is 0 Å². The molecule has 0 atom stereocenters. The Labute approximate surface area is 160 Å². The van der Waals surface area contributed by atoms with Crippen LogP contribution in [0.3, 0.4) is 0 Å². The molecule has 3 rings (SSSR count). The summed E-state index contributed by atoms with van der Waals surface area (Å²) in [4.78, 5) is 16.1. The van der Waals surface area contributed by atoms with Crippen molar-refractivity contribution in [3.63, 3.8) is 0 Å². The van der Waals surface area contributed by atoms with E-state index in [1.165, 1.54) is 6.20 Å². The first-order chi connectivity index (χ1) is 13.3. The van der Waals surface area contributed by atoms with Gasteiger partial charge in [0, 0.05) is 25.0 Å². The van der Waals surface area contributed by atoms with Crippen LogP contribution in [0.25, 0.3) is 0 Å². The van der Waals surface area contributed by atoms with Gasteiger partial charge in [0.1, 0.15) is 29.0 Å². The normalized spacial score (nSPS) is 11.4. The van der Waals surface area contributed by atoms with Crippen molar-refractivity contribution >= 4 is 21.4 Å². The Morgan fingerprint density at radius 3 is 2.57 bits per heavy atom. The topological polar surface area (TPSA) is 81.1 Å². The van der Waals surface area contributed by atoms with Crippen molar-refractivity contribution in [2.45, 2.75) is 12.3 Å². The van der Waals surface area contributed by atoms with E-state index >= 15 is 0 Å². The predicted molar refractivity (Wildman–Crippen MR) is 100 cm³/mol. The van der Waals surface area contributed by atoms with Crippen LogP contribution >= 0.6 is 0 Å². The van der Waals surface area contributed by atoms with Crippen LogP contribution in [-0.2, 0) is 26.9 Å². The molecular weight excluding hydrogens is 388 g/mol. The van der Waals surface area contributed by atoms with Crippen molar-refractivity contribution in [2.75, 3.05) is 11.1 Å². The first kappa shape index (κ1) is 19.7. The fourth-order valence-corrected chi connectivity index (χ4v) is 3.84. The number of amides is 1. The Bertz CT molecular complexity index is 1080. The molecule has 0 saturated heterocycles. The number of carbonyl (C=O) groups excluding carboxylic acids is 1. The highest BCUT2D eigenvalue weighted by Crippen LogP contribution is 2.15. The molecule has 0 aliphatic carbocycles. The third-order valence-electron chi connectivity index (χ3n) is 3.90. The van der Waals surface area contributed by atoms with E-state index in [0.29, 0.717) is 18.4 Å². The number of halogens is 2. The maximum Gasteiger partial charge on any atom is 0.239 e. The summed E-state index contributed by atoms with van der Waals surface area (Å²) >= 11 is 0. The van der Waals surface area contributed by atoms with Crippen molar-refractivity contribution < 1.29 is 22.0 Å². The summed E-state index contributed by atoms with van der Waals surface area (Å²) in [6.45, 7) is 0.443. The fourth-order valence-electron chi connectivity index (χ4n) is 2.63. The summed E-state index contributed by atoms with van der Waals surface area (Å²) < 4.78 is 52.9. The number of nitrogens with zero attached hydrogens (tertiary/aromatic N) is 2. The summed E-state index contributed by atoms with van der Waals surface area (Å²) in [7, 11) is -3.85. The van der Waals surface area contributed by atoms with Crippen molar-refractivity contribution in [2.24, 2.45) is 0 Å². The monoisotopic (exact) mass is 405 g/mol. The lowest BCUT2D eigenvalue weighted by atomic mass is 10.2. The van der Waals surface area contributed by atoms with Gasteiger partial charge in [-0.25, -0.2) is 22.2 Å². The molecule has 0 fully saturated rings. The van der Waals surface area contributed by atoms with E-state index in [4.69, 9.17) is 0 Å². The highest BCUT2D eigenvalue weighted by atomic mass is 32.2. The van der Waals surface area contributed by atoms with E-state index in [0.717, 1.165) is 17.7 Å². The Kier molecular flexibility index (Phi) is 5.84. The van der Waals surface area contributed by atoms with Crippen LogP contribution in [0.15, 0.2) is 60.9 Å². The number of imidazole rings is 1. The molecule has 9 heteroatoms. The number of carbonyl (C=O) groups is 1. The van der Waals surface area contributed by atoms with Gasteiger partial charge in [-0.1, -0.05) is 30.3 Å². The van der Waals surface area contributed by atoms with E-state index in [-0.39, 0.29) is 5.69 Å². The molecular formula is C19H17F2N3O3S. The molecule has 146 valence electrons. The third kappa shape index (κ3) is 5.23. The zero-order chi connectivity index (χ0) is 20.1. The fraction of sp³-hybridized carbons (Fsp3) is 0.158.